The van der Waals surface area contributed by atoms with E-state index in [1.165, 1.54) is 24.3 Å². The molecule has 138 valence electrons. The molecule has 0 unspecified atom stereocenters. The molecule has 2 aliphatic rings. The Labute approximate surface area is 155 Å². The van der Waals surface area contributed by atoms with Gasteiger partial charge < -0.3 is 4.74 Å². The zero-order valence-electron chi connectivity index (χ0n) is 13.8. The van der Waals surface area contributed by atoms with Gasteiger partial charge in [0.2, 0.25) is 0 Å². The van der Waals surface area contributed by atoms with Crippen molar-refractivity contribution in [2.45, 2.75) is 35.3 Å². The Hall–Kier alpha value is -1.66. The van der Waals surface area contributed by atoms with Gasteiger partial charge in [-0.1, -0.05) is 24.4 Å². The second kappa shape index (κ2) is 6.20. The summed E-state index contributed by atoms with van der Waals surface area (Å²) < 4.78 is 60.5. The second-order valence-electron chi connectivity index (χ2n) is 6.83. The Bertz CT molecular complexity index is 959. The zero-order valence-corrected chi connectivity index (χ0v) is 15.4. The summed E-state index contributed by atoms with van der Waals surface area (Å²) in [5.74, 6) is -2.19. The summed E-state index contributed by atoms with van der Waals surface area (Å²) >= 11 is 5.89. The maximum absolute atomic E-state index is 14.8. The van der Waals surface area contributed by atoms with Crippen LogP contribution in [0.2, 0.25) is 5.02 Å². The van der Waals surface area contributed by atoms with Gasteiger partial charge in [-0.05, 0) is 49.2 Å². The predicted molar refractivity (Wildman–Crippen MR) is 94.1 cm³/mol. The van der Waals surface area contributed by atoms with Crippen LogP contribution in [-0.2, 0) is 14.6 Å². The Kier molecular flexibility index (Phi) is 4.23. The van der Waals surface area contributed by atoms with Crippen LogP contribution in [0.3, 0.4) is 0 Å². The third-order valence-corrected chi connectivity index (χ3v) is 8.37. The van der Waals surface area contributed by atoms with E-state index < -0.39 is 32.1 Å². The number of ether oxygens (including phenoxy) is 1. The van der Waals surface area contributed by atoms with E-state index in [0.717, 1.165) is 18.6 Å². The molecule has 1 saturated carbocycles. The molecule has 0 amide bonds. The van der Waals surface area contributed by atoms with E-state index in [1.54, 1.807) is 0 Å². The van der Waals surface area contributed by atoms with Gasteiger partial charge in [0, 0.05) is 10.9 Å². The van der Waals surface area contributed by atoms with Gasteiger partial charge in [0.25, 0.3) is 0 Å². The van der Waals surface area contributed by atoms with Crippen LogP contribution < -0.4 is 4.74 Å². The van der Waals surface area contributed by atoms with Crippen molar-refractivity contribution in [2.75, 3.05) is 6.61 Å². The Morgan fingerprint density at radius 1 is 1.04 bits per heavy atom. The third-order valence-electron chi connectivity index (χ3n) is 5.52. The third kappa shape index (κ3) is 2.38. The minimum absolute atomic E-state index is 0.0557. The lowest BCUT2D eigenvalue weighted by atomic mass is 9.73. The maximum Gasteiger partial charge on any atom is 0.188 e. The summed E-state index contributed by atoms with van der Waals surface area (Å²) in [6.45, 7) is 0.0557. The number of hydrogen-bond donors (Lipinski definition) is 0. The van der Waals surface area contributed by atoms with E-state index in [9.17, 15) is 17.2 Å². The molecule has 3 nitrogen and oxygen atoms in total. The standard InChI is InChI=1S/C19H17ClF2O3S/c20-13-4-6-14(7-5-13)26(23,24)19-10-2-1-3-12(19)11-25-18-16(22)9-8-15(21)17(18)19/h4-9,12H,1-3,10-11H2/t12-,19+/m0/s1. The largest absolute Gasteiger partial charge is 0.490 e. The van der Waals surface area contributed by atoms with Gasteiger partial charge >= 0.3 is 0 Å². The van der Waals surface area contributed by atoms with Crippen molar-refractivity contribution in [1.82, 2.24) is 0 Å². The van der Waals surface area contributed by atoms with Crippen molar-refractivity contribution in [3.63, 3.8) is 0 Å². The highest BCUT2D eigenvalue weighted by molar-refractivity contribution is 7.92. The van der Waals surface area contributed by atoms with Gasteiger partial charge in [0.15, 0.2) is 21.4 Å². The summed E-state index contributed by atoms with van der Waals surface area (Å²) in [5, 5.41) is 0.409. The van der Waals surface area contributed by atoms with Crippen LogP contribution in [0, 0.1) is 17.6 Å². The summed E-state index contributed by atoms with van der Waals surface area (Å²) in [6, 6.07) is 7.78. The van der Waals surface area contributed by atoms with E-state index in [2.05, 4.69) is 0 Å². The predicted octanol–water partition coefficient (Wildman–Crippen LogP) is 4.87. The molecular formula is C19H17ClF2O3S. The van der Waals surface area contributed by atoms with E-state index in [-0.39, 0.29) is 29.2 Å². The minimum Gasteiger partial charge on any atom is -0.490 e. The van der Waals surface area contributed by atoms with Crippen LogP contribution in [0.5, 0.6) is 5.75 Å². The van der Waals surface area contributed by atoms with Crippen molar-refractivity contribution >= 4 is 21.4 Å². The minimum atomic E-state index is -4.00. The zero-order chi connectivity index (χ0) is 18.5. The molecule has 0 aromatic heterocycles. The van der Waals surface area contributed by atoms with Crippen molar-refractivity contribution in [2.24, 2.45) is 5.92 Å². The SMILES string of the molecule is O=S(=O)(c1ccc(Cl)cc1)[C@]12CCCC[C@H]1COc1c(F)ccc(F)c12. The van der Waals surface area contributed by atoms with E-state index in [4.69, 9.17) is 16.3 Å². The highest BCUT2D eigenvalue weighted by Crippen LogP contribution is 2.56. The van der Waals surface area contributed by atoms with Gasteiger partial charge in [-0.3, -0.25) is 0 Å². The van der Waals surface area contributed by atoms with Crippen LogP contribution in [-0.4, -0.2) is 15.0 Å². The number of fused-ring (bicyclic) bond motifs is 3. The molecule has 1 fully saturated rings. The smallest absolute Gasteiger partial charge is 0.188 e. The van der Waals surface area contributed by atoms with Crippen LogP contribution >= 0.6 is 11.6 Å². The average Bonchev–Trinajstić information content (AvgIpc) is 2.64. The molecule has 26 heavy (non-hydrogen) atoms. The van der Waals surface area contributed by atoms with E-state index >= 15 is 0 Å². The first-order chi connectivity index (χ1) is 12.4. The van der Waals surface area contributed by atoms with Crippen LogP contribution in [0.4, 0.5) is 8.78 Å². The van der Waals surface area contributed by atoms with Crippen LogP contribution in [0.15, 0.2) is 41.3 Å². The molecule has 1 aliphatic carbocycles. The van der Waals surface area contributed by atoms with Gasteiger partial charge in [-0.2, -0.15) is 0 Å². The lowest BCUT2D eigenvalue weighted by Crippen LogP contribution is -2.50. The second-order valence-corrected chi connectivity index (χ2v) is 9.48. The number of rotatable bonds is 2. The fourth-order valence-corrected chi connectivity index (χ4v) is 6.87. The summed E-state index contributed by atoms with van der Waals surface area (Å²) in [7, 11) is -4.00. The number of halogens is 3. The summed E-state index contributed by atoms with van der Waals surface area (Å²) in [5.41, 5.74) is -0.164. The quantitative estimate of drug-likeness (QED) is 0.724. The highest BCUT2D eigenvalue weighted by Gasteiger charge is 2.58. The molecule has 0 N–H and O–H groups in total. The molecule has 2 aromatic rings. The summed E-state index contributed by atoms with van der Waals surface area (Å²) in [6.07, 6.45) is 2.28. The molecule has 0 saturated heterocycles. The van der Waals surface area contributed by atoms with Gasteiger partial charge in [0.05, 0.1) is 17.1 Å². The first-order valence-corrected chi connectivity index (χ1v) is 10.4. The number of sulfone groups is 1. The van der Waals surface area contributed by atoms with Crippen molar-refractivity contribution in [1.29, 1.82) is 0 Å². The monoisotopic (exact) mass is 398 g/mol. The normalized spacial score (nSPS) is 25.1. The van der Waals surface area contributed by atoms with Crippen molar-refractivity contribution in [3.05, 3.63) is 58.6 Å². The lowest BCUT2D eigenvalue weighted by molar-refractivity contribution is 0.124. The fourth-order valence-electron chi connectivity index (χ4n) is 4.33. The molecule has 7 heteroatoms. The molecule has 0 bridgehead atoms. The fraction of sp³-hybridized carbons (Fsp3) is 0.368. The van der Waals surface area contributed by atoms with E-state index in [0.29, 0.717) is 17.9 Å². The van der Waals surface area contributed by atoms with Crippen molar-refractivity contribution in [3.8, 4) is 5.75 Å². The molecule has 1 aliphatic heterocycles. The highest BCUT2D eigenvalue weighted by atomic mass is 35.5. The topological polar surface area (TPSA) is 43.4 Å². The Morgan fingerprint density at radius 3 is 2.46 bits per heavy atom. The number of hydrogen-bond acceptors (Lipinski definition) is 3. The molecule has 2 atom stereocenters. The molecule has 0 radical (unpaired) electrons. The molecule has 1 heterocycles. The van der Waals surface area contributed by atoms with Crippen LogP contribution in [0.1, 0.15) is 31.2 Å². The molecular weight excluding hydrogens is 382 g/mol. The maximum atomic E-state index is 14.8. The first-order valence-electron chi connectivity index (χ1n) is 8.49. The van der Waals surface area contributed by atoms with Gasteiger partial charge in [0.1, 0.15) is 10.6 Å². The Balaban J connectivity index is 2.02. The number of benzene rings is 2. The van der Waals surface area contributed by atoms with Crippen molar-refractivity contribution < 1.29 is 21.9 Å². The van der Waals surface area contributed by atoms with E-state index in [1.807, 2.05) is 0 Å². The first kappa shape index (κ1) is 17.7. The average molecular weight is 399 g/mol. The molecule has 2 aromatic carbocycles. The summed E-state index contributed by atoms with van der Waals surface area (Å²) in [4.78, 5) is 0.0605. The van der Waals surface area contributed by atoms with Crippen LogP contribution in [0.25, 0.3) is 0 Å². The lowest BCUT2D eigenvalue weighted by Gasteiger charge is -2.47. The van der Waals surface area contributed by atoms with Gasteiger partial charge in [-0.25, -0.2) is 17.2 Å². The molecule has 0 spiro atoms. The van der Waals surface area contributed by atoms with Gasteiger partial charge in [-0.15, -0.1) is 0 Å². The Morgan fingerprint density at radius 2 is 1.73 bits per heavy atom. The molecule has 4 rings (SSSR count).